The maximum Gasteiger partial charge on any atom is 0.187 e. The Hall–Kier alpha value is -0.200. The predicted molar refractivity (Wildman–Crippen MR) is 307 cm³/mol. The van der Waals surface area contributed by atoms with Crippen molar-refractivity contribution in [2.24, 2.45) is 0 Å². The second kappa shape index (κ2) is 40.6. The zero-order valence-corrected chi connectivity index (χ0v) is 59.1. The summed E-state index contributed by atoms with van der Waals surface area (Å²) in [5.41, 5.74) is 0. The van der Waals surface area contributed by atoms with Crippen molar-refractivity contribution in [1.29, 1.82) is 0 Å². The van der Waals surface area contributed by atoms with Crippen molar-refractivity contribution in [1.82, 2.24) is 0 Å². The normalized spacial score (nSPS) is 38.2. The molecule has 94 heavy (non-hydrogen) atoms. The van der Waals surface area contributed by atoms with Crippen LogP contribution in [0.3, 0.4) is 0 Å². The van der Waals surface area contributed by atoms with Crippen LogP contribution in [-0.2, 0) is 71.1 Å². The Labute approximate surface area is 575 Å². The summed E-state index contributed by atoms with van der Waals surface area (Å²) >= 11 is 0. The van der Waals surface area contributed by atoms with E-state index in [1.54, 1.807) is 0 Å². The fourth-order valence-electron chi connectivity index (χ4n) is 11.4. The molecule has 5 heterocycles. The first-order valence-corrected chi connectivity index (χ1v) is 30.4. The number of quaternary nitrogens is 4. The highest BCUT2D eigenvalue weighted by Crippen LogP contribution is 2.36. The quantitative estimate of drug-likeness (QED) is 0.0262. The van der Waals surface area contributed by atoms with Crippen LogP contribution in [0, 0.1) is 0 Å². The number of ether oxygens (including phenoxy) is 15. The van der Waals surface area contributed by atoms with E-state index in [0.717, 1.165) is 0 Å². The van der Waals surface area contributed by atoms with Crippen molar-refractivity contribution < 1.29 is 215 Å². The molecular formula is C56H112Cl4N4O30. The van der Waals surface area contributed by atoms with Gasteiger partial charge in [-0.2, -0.15) is 0 Å². The summed E-state index contributed by atoms with van der Waals surface area (Å²) in [6.45, 7) is -2.08. The van der Waals surface area contributed by atoms with Gasteiger partial charge in [0.2, 0.25) is 0 Å². The fourth-order valence-corrected chi connectivity index (χ4v) is 11.4. The number of halogens is 4. The molecule has 0 aliphatic carbocycles. The topological polar surface area (TPSA) is 442 Å². The Morgan fingerprint density at radius 1 is 0.287 bits per heavy atom. The highest BCUT2D eigenvalue weighted by Gasteiger charge is 2.56. The van der Waals surface area contributed by atoms with E-state index in [4.69, 9.17) is 71.1 Å². The number of likely N-dealkylation sites (N-methyl/N-ethyl adjacent to an activating group) is 4. The molecule has 5 fully saturated rings. The van der Waals surface area contributed by atoms with Crippen LogP contribution in [0.15, 0.2) is 0 Å². The third-order valence-corrected chi connectivity index (χ3v) is 15.4. The minimum Gasteiger partial charge on any atom is -1.00 e. The van der Waals surface area contributed by atoms with E-state index in [2.05, 4.69) is 0 Å². The predicted octanol–water partition coefficient (Wildman–Crippen LogP) is -22.2. The van der Waals surface area contributed by atoms with Crippen LogP contribution in [0.25, 0.3) is 0 Å². The summed E-state index contributed by atoms with van der Waals surface area (Å²) < 4.78 is 90.3. The summed E-state index contributed by atoms with van der Waals surface area (Å²) in [5, 5.41) is 169. The molecule has 5 aliphatic rings. The molecule has 0 aromatic rings. The van der Waals surface area contributed by atoms with E-state index in [-0.39, 0.29) is 102 Å². The Kier molecular flexibility index (Phi) is 39.6. The molecule has 38 heteroatoms. The van der Waals surface area contributed by atoms with Gasteiger partial charge in [0, 0.05) is 14.2 Å². The van der Waals surface area contributed by atoms with E-state index < -0.39 is 198 Å². The largest absolute Gasteiger partial charge is 1.00 e. The molecule has 0 aromatic heterocycles. The van der Waals surface area contributed by atoms with Crippen LogP contribution in [-0.4, -0.2) is 457 Å². The molecule has 15 N–H and O–H groups in total. The van der Waals surface area contributed by atoms with Crippen molar-refractivity contribution in [2.45, 2.75) is 178 Å². The summed E-state index contributed by atoms with van der Waals surface area (Å²) in [6.07, 6.45) is -47.1. The van der Waals surface area contributed by atoms with Crippen LogP contribution < -0.4 is 49.6 Å². The minimum absolute atomic E-state index is 0. The Morgan fingerprint density at radius 2 is 0.532 bits per heavy atom. The minimum atomic E-state index is -2.14. The number of aliphatic hydroxyl groups excluding tert-OH is 15. The molecule has 14 unspecified atom stereocenters. The van der Waals surface area contributed by atoms with Gasteiger partial charge in [-0.1, -0.05) is 0 Å². The lowest BCUT2D eigenvalue weighted by molar-refractivity contribution is -0.873. The molecule has 0 radical (unpaired) electrons. The van der Waals surface area contributed by atoms with Crippen molar-refractivity contribution in [3.63, 3.8) is 0 Å². The van der Waals surface area contributed by atoms with Gasteiger partial charge in [0.1, 0.15) is 173 Å². The summed E-state index contributed by atoms with van der Waals surface area (Å²) in [4.78, 5) is 0. The molecule has 5 rings (SSSR count). The molecule has 29 atom stereocenters. The van der Waals surface area contributed by atoms with Gasteiger partial charge in [-0.3, -0.25) is 0 Å². The Bertz CT molecular complexity index is 2070. The fraction of sp³-hybridized carbons (Fsp3) is 1.00. The van der Waals surface area contributed by atoms with E-state index in [1.807, 2.05) is 84.6 Å². The second-order valence-electron chi connectivity index (χ2n) is 28.3. The summed E-state index contributed by atoms with van der Waals surface area (Å²) in [5.74, 6) is 0. The number of rotatable bonds is 35. The average Bonchev–Trinajstić information content (AvgIpc) is 0.783. The lowest BCUT2D eigenvalue weighted by Gasteiger charge is -2.49. The van der Waals surface area contributed by atoms with Crippen LogP contribution >= 0.6 is 0 Å². The van der Waals surface area contributed by atoms with Crippen molar-refractivity contribution in [3.05, 3.63) is 0 Å². The zero-order valence-electron chi connectivity index (χ0n) is 56.1. The van der Waals surface area contributed by atoms with Gasteiger partial charge in [-0.05, 0) is 0 Å². The molecular weight excluding hydrogens is 1350 g/mol. The summed E-state index contributed by atoms with van der Waals surface area (Å²) in [7, 11) is 24.8. The molecule has 0 spiro atoms. The zero-order chi connectivity index (χ0) is 67.5. The van der Waals surface area contributed by atoms with Crippen LogP contribution in [0.2, 0.25) is 0 Å². The van der Waals surface area contributed by atoms with Crippen LogP contribution in [0.1, 0.15) is 0 Å². The molecule has 0 amide bonds. The highest BCUT2D eigenvalue weighted by atomic mass is 35.5. The van der Waals surface area contributed by atoms with E-state index in [9.17, 15) is 76.6 Å². The molecule has 0 saturated carbocycles. The van der Waals surface area contributed by atoms with E-state index >= 15 is 0 Å². The average molecular weight is 1460 g/mol. The molecule has 5 saturated heterocycles. The standard InChI is InChI=1S/C56H112N4O30.4ClH/c1-57(2,3)15-28(61)19-78-23-32-37(65)38(66)43(71)53(83-32)82-27-36-51(40(68)44(72)52(77-14)84-36)90-56-47(75)42(70)50(35(87-56)26-81-22-31(64)18-60(10,11)12)89-55-46(74)41(69)49(34(86-55)25-80-21-30(63)17-59(7,8)9)88-54-45(73)39(67)48(76-13)33(85-54)24-79-20-29(62)16-58(4,5)6;;;;/h28-56,61-75H,15-27H2,1-14H3;4*1H/q+4;;;;/p-4/t28?,29?,30?,31?,32-,33?,34-,35?,36-,37-,38?,39-,40?,41?,42-,43?,44?,45?,46?,47?,48+,49+,50+,51+,52-,53-,54-,55-,56-;;;;/m0..../s1. The molecule has 34 nitrogen and oxygen atoms in total. The van der Waals surface area contributed by atoms with Crippen molar-refractivity contribution >= 4 is 0 Å². The Balaban J connectivity index is 0.0000110. The number of methoxy groups -OCH3 is 2. The van der Waals surface area contributed by atoms with E-state index in [1.165, 1.54) is 14.2 Å². The molecule has 564 valence electrons. The summed E-state index contributed by atoms with van der Waals surface area (Å²) in [6, 6.07) is 0. The maximum absolute atomic E-state index is 12.1. The van der Waals surface area contributed by atoms with E-state index in [0.29, 0.717) is 31.0 Å². The van der Waals surface area contributed by atoms with Crippen molar-refractivity contribution in [2.75, 3.05) is 184 Å². The van der Waals surface area contributed by atoms with Gasteiger partial charge in [0.25, 0.3) is 0 Å². The van der Waals surface area contributed by atoms with Gasteiger partial charge >= 0.3 is 0 Å². The smallest absolute Gasteiger partial charge is 0.187 e. The highest BCUT2D eigenvalue weighted by molar-refractivity contribution is 4.99. The second-order valence-corrected chi connectivity index (χ2v) is 28.3. The lowest BCUT2D eigenvalue weighted by atomic mass is 9.95. The van der Waals surface area contributed by atoms with Gasteiger partial charge in [0.05, 0.1) is 144 Å². The van der Waals surface area contributed by atoms with Gasteiger partial charge < -0.3 is 215 Å². The monoisotopic (exact) mass is 1460 g/mol. The number of aliphatic hydroxyl groups is 15. The van der Waals surface area contributed by atoms with Gasteiger partial charge in [-0.15, -0.1) is 0 Å². The first-order chi connectivity index (χ1) is 41.7. The van der Waals surface area contributed by atoms with Crippen LogP contribution in [0.4, 0.5) is 0 Å². The first-order valence-electron chi connectivity index (χ1n) is 30.4. The SMILES string of the molecule is CO[C@H]1O[C@@H](CO[C@H]2O[C@@H](COCC(O)C[N+](C)(C)C)[C@H](O)C(O)C2O)[C@@H](O[C@@H]2OC(COCC(O)C[N+](C)(C)C)[C@@H](O[C@@H]3O[C@@H](COCC(O)C[N+](C)(C)C)[C@@H](O[C@@H]4OC(COCC(O)C[N+](C)(C)C)[C@@H](OC)[C@@H](O)C4O)C(O)C3O)[C@@H](O)C2O)C(O)C1O.[Cl-].[Cl-].[Cl-].[Cl-]. The number of nitrogens with zero attached hydrogens (tertiary/aromatic N) is 4. The molecule has 0 aromatic carbocycles. The van der Waals surface area contributed by atoms with Gasteiger partial charge in [0.15, 0.2) is 31.5 Å². The van der Waals surface area contributed by atoms with Gasteiger partial charge in [-0.25, -0.2) is 0 Å². The molecule has 0 bridgehead atoms. The third-order valence-electron chi connectivity index (χ3n) is 15.4. The maximum atomic E-state index is 12.1. The number of hydrogen-bond donors (Lipinski definition) is 15. The lowest BCUT2D eigenvalue weighted by Crippen LogP contribution is -3.00. The first kappa shape index (κ1) is 91.8. The molecule has 5 aliphatic heterocycles. The number of hydrogen-bond acceptors (Lipinski definition) is 30. The van der Waals surface area contributed by atoms with Crippen LogP contribution in [0.5, 0.6) is 0 Å². The third kappa shape index (κ3) is 27.9. The van der Waals surface area contributed by atoms with Crippen molar-refractivity contribution in [3.8, 4) is 0 Å². The Morgan fingerprint density at radius 3 is 0.830 bits per heavy atom.